The molecule has 1 aromatic carbocycles. The molecule has 0 fully saturated rings. The highest BCUT2D eigenvalue weighted by atomic mass is 35.5. The number of fused-ring (bicyclic) bond motifs is 1. The molecule has 3 aromatic rings. The van der Waals surface area contributed by atoms with Crippen LogP contribution < -0.4 is 16.4 Å². The third-order valence-electron chi connectivity index (χ3n) is 4.63. The summed E-state index contributed by atoms with van der Waals surface area (Å²) in [6.45, 7) is 2.05. The highest BCUT2D eigenvalue weighted by Crippen LogP contribution is 2.27. The summed E-state index contributed by atoms with van der Waals surface area (Å²) in [7, 11) is 0. The van der Waals surface area contributed by atoms with Gasteiger partial charge >= 0.3 is 5.63 Å². The molecule has 30 heavy (non-hydrogen) atoms. The van der Waals surface area contributed by atoms with Gasteiger partial charge in [-0.2, -0.15) is 5.10 Å². The topological polar surface area (TPSA) is 109 Å². The molecule has 152 valence electrons. The maximum absolute atomic E-state index is 12.4. The van der Waals surface area contributed by atoms with E-state index in [9.17, 15) is 9.59 Å². The van der Waals surface area contributed by atoms with Gasteiger partial charge in [0.05, 0.1) is 5.71 Å². The smallest absolute Gasteiger partial charge is 0.359 e. The van der Waals surface area contributed by atoms with E-state index in [1.165, 1.54) is 0 Å². The first-order valence-corrected chi connectivity index (χ1v) is 9.73. The van der Waals surface area contributed by atoms with E-state index in [1.54, 1.807) is 42.5 Å². The molecule has 1 aliphatic carbocycles. The average molecular weight is 424 g/mol. The van der Waals surface area contributed by atoms with Gasteiger partial charge in [0.2, 0.25) is 0 Å². The van der Waals surface area contributed by atoms with Gasteiger partial charge in [-0.15, -0.1) is 10.2 Å². The number of benzene rings is 1. The van der Waals surface area contributed by atoms with Crippen LogP contribution in [0.1, 0.15) is 35.0 Å². The second kappa shape index (κ2) is 8.46. The molecule has 1 amide bonds. The molecule has 1 unspecified atom stereocenters. The molecule has 1 atom stereocenters. The van der Waals surface area contributed by atoms with E-state index in [1.807, 2.05) is 13.0 Å². The second-order valence-corrected chi connectivity index (χ2v) is 7.42. The maximum atomic E-state index is 12.4. The minimum absolute atomic E-state index is 0.0659. The van der Waals surface area contributed by atoms with Crippen LogP contribution in [0.4, 0.5) is 11.5 Å². The molecule has 0 saturated carbocycles. The molecular weight excluding hydrogens is 406 g/mol. The number of amides is 1. The minimum atomic E-state index is -0.594. The lowest BCUT2D eigenvalue weighted by Gasteiger charge is -2.22. The molecule has 4 rings (SSSR count). The Morgan fingerprint density at radius 2 is 1.97 bits per heavy atom. The zero-order valence-corrected chi connectivity index (χ0v) is 16.8. The molecule has 1 aliphatic rings. The number of carbonyl (C=O) groups is 1. The van der Waals surface area contributed by atoms with E-state index in [-0.39, 0.29) is 22.7 Å². The van der Waals surface area contributed by atoms with Crippen molar-refractivity contribution in [1.82, 2.24) is 10.2 Å². The minimum Gasteiger partial charge on any atom is -0.426 e. The van der Waals surface area contributed by atoms with Gasteiger partial charge in [0.25, 0.3) is 5.91 Å². The molecule has 0 radical (unpaired) electrons. The van der Waals surface area contributed by atoms with Crippen molar-refractivity contribution in [2.24, 2.45) is 11.0 Å². The number of hydrogen-bond acceptors (Lipinski definition) is 7. The van der Waals surface area contributed by atoms with Crippen LogP contribution in [0, 0.1) is 5.92 Å². The van der Waals surface area contributed by atoms with E-state index in [0.29, 0.717) is 41.3 Å². The lowest BCUT2D eigenvalue weighted by molar-refractivity contribution is 0.102. The van der Waals surface area contributed by atoms with Gasteiger partial charge in [-0.1, -0.05) is 36.7 Å². The van der Waals surface area contributed by atoms with Crippen molar-refractivity contribution in [3.05, 3.63) is 81.0 Å². The third kappa shape index (κ3) is 4.38. The van der Waals surface area contributed by atoms with E-state index in [4.69, 9.17) is 16.0 Å². The number of halogens is 1. The zero-order valence-electron chi connectivity index (χ0n) is 16.1. The van der Waals surface area contributed by atoms with Crippen molar-refractivity contribution < 1.29 is 9.21 Å². The van der Waals surface area contributed by atoms with Crippen LogP contribution in [0.25, 0.3) is 0 Å². The first kappa shape index (κ1) is 19.8. The predicted octanol–water partition coefficient (Wildman–Crippen LogP) is 3.73. The third-order valence-corrected chi connectivity index (χ3v) is 4.83. The lowest BCUT2D eigenvalue weighted by atomic mass is 9.87. The molecule has 2 N–H and O–H groups in total. The largest absolute Gasteiger partial charge is 0.426 e. The van der Waals surface area contributed by atoms with Crippen LogP contribution in [0.3, 0.4) is 0 Å². The second-order valence-electron chi connectivity index (χ2n) is 7.03. The Balaban J connectivity index is 1.64. The van der Waals surface area contributed by atoms with E-state index < -0.39 is 5.63 Å². The fraction of sp³-hybridized carbons (Fsp3) is 0.190. The molecule has 0 saturated heterocycles. The Morgan fingerprint density at radius 3 is 2.70 bits per heavy atom. The maximum Gasteiger partial charge on any atom is 0.359 e. The van der Waals surface area contributed by atoms with Gasteiger partial charge in [0.1, 0.15) is 11.4 Å². The van der Waals surface area contributed by atoms with Crippen molar-refractivity contribution in [3.63, 3.8) is 0 Å². The van der Waals surface area contributed by atoms with Crippen LogP contribution in [0.15, 0.2) is 62.8 Å². The van der Waals surface area contributed by atoms with Crippen molar-refractivity contribution in [2.45, 2.75) is 19.8 Å². The van der Waals surface area contributed by atoms with E-state index in [0.717, 1.165) is 0 Å². The van der Waals surface area contributed by atoms with Crippen LogP contribution in [0.5, 0.6) is 0 Å². The van der Waals surface area contributed by atoms with Crippen molar-refractivity contribution >= 4 is 34.7 Å². The van der Waals surface area contributed by atoms with Crippen molar-refractivity contribution in [3.8, 4) is 0 Å². The fourth-order valence-electron chi connectivity index (χ4n) is 3.21. The highest BCUT2D eigenvalue weighted by Gasteiger charge is 2.25. The van der Waals surface area contributed by atoms with Crippen LogP contribution in [-0.2, 0) is 6.42 Å². The number of hydrogen-bond donors (Lipinski definition) is 2. The first-order valence-electron chi connectivity index (χ1n) is 9.35. The SMILES string of the molecule is CC1C/C(=N\Nc2ccc(Cl)nn2)c2cc(NC(=O)c3ccccc3)c(=O)oc2C1. The summed E-state index contributed by atoms with van der Waals surface area (Å²) in [5.74, 6) is 0.822. The van der Waals surface area contributed by atoms with E-state index >= 15 is 0 Å². The number of nitrogens with zero attached hydrogens (tertiary/aromatic N) is 3. The summed E-state index contributed by atoms with van der Waals surface area (Å²) in [5.41, 5.74) is 4.13. The van der Waals surface area contributed by atoms with E-state index in [2.05, 4.69) is 26.0 Å². The van der Waals surface area contributed by atoms with Crippen molar-refractivity contribution in [2.75, 3.05) is 10.7 Å². The van der Waals surface area contributed by atoms with Crippen LogP contribution >= 0.6 is 11.6 Å². The molecule has 0 aliphatic heterocycles. The summed E-state index contributed by atoms with van der Waals surface area (Å²) in [6.07, 6.45) is 1.28. The van der Waals surface area contributed by atoms with Gasteiger partial charge in [0.15, 0.2) is 11.0 Å². The summed E-state index contributed by atoms with van der Waals surface area (Å²) in [4.78, 5) is 24.9. The molecular formula is C21H18ClN5O3. The Hall–Kier alpha value is -3.52. The highest BCUT2D eigenvalue weighted by molar-refractivity contribution is 6.29. The summed E-state index contributed by atoms with van der Waals surface area (Å²) >= 11 is 5.75. The van der Waals surface area contributed by atoms with Gasteiger partial charge in [-0.05, 0) is 42.7 Å². The lowest BCUT2D eigenvalue weighted by Crippen LogP contribution is -2.25. The zero-order chi connectivity index (χ0) is 21.1. The predicted molar refractivity (Wildman–Crippen MR) is 114 cm³/mol. The van der Waals surface area contributed by atoms with Crippen LogP contribution in [-0.4, -0.2) is 21.8 Å². The average Bonchev–Trinajstić information content (AvgIpc) is 2.74. The normalized spacial score (nSPS) is 16.7. The Morgan fingerprint density at radius 1 is 1.17 bits per heavy atom. The standard InChI is InChI=1S/C21H18ClN5O3/c1-12-9-15(24-26-19-8-7-18(22)25-27-19)14-11-16(21(29)30-17(14)10-12)23-20(28)13-5-3-2-4-6-13/h2-8,11-12H,9-10H2,1H3,(H,23,28)(H,26,27)/b24-15+. The van der Waals surface area contributed by atoms with Gasteiger partial charge in [-0.25, -0.2) is 4.79 Å². The van der Waals surface area contributed by atoms with Crippen LogP contribution in [0.2, 0.25) is 5.15 Å². The summed E-state index contributed by atoms with van der Waals surface area (Å²) in [6, 6.07) is 13.5. The fourth-order valence-corrected chi connectivity index (χ4v) is 3.31. The van der Waals surface area contributed by atoms with Gasteiger partial charge in [0, 0.05) is 17.5 Å². The number of anilines is 2. The Kier molecular flexibility index (Phi) is 5.58. The monoisotopic (exact) mass is 423 g/mol. The Bertz CT molecular complexity index is 1160. The first-order chi connectivity index (χ1) is 14.5. The molecule has 0 bridgehead atoms. The molecule has 9 heteroatoms. The number of nitrogens with one attached hydrogen (secondary N) is 2. The molecule has 0 spiro atoms. The number of carbonyl (C=O) groups excluding carboxylic acids is 1. The summed E-state index contributed by atoms with van der Waals surface area (Å²) < 4.78 is 5.51. The molecule has 2 heterocycles. The van der Waals surface area contributed by atoms with Gasteiger partial charge < -0.3 is 9.73 Å². The molecule has 2 aromatic heterocycles. The van der Waals surface area contributed by atoms with Crippen molar-refractivity contribution in [1.29, 1.82) is 0 Å². The number of aromatic nitrogens is 2. The summed E-state index contributed by atoms with van der Waals surface area (Å²) in [5, 5.41) is 15.0. The quantitative estimate of drug-likeness (QED) is 0.619. The number of rotatable bonds is 4. The Labute approximate surface area is 177 Å². The number of hydrazone groups is 1. The molecule has 8 nitrogen and oxygen atoms in total. The van der Waals surface area contributed by atoms with Gasteiger partial charge in [-0.3, -0.25) is 10.2 Å².